The van der Waals surface area contributed by atoms with Crippen LogP contribution in [0.1, 0.15) is 6.92 Å². The smallest absolute Gasteiger partial charge is 0.0235 e. The van der Waals surface area contributed by atoms with E-state index in [1.165, 1.54) is 19.6 Å². The van der Waals surface area contributed by atoms with Crippen LogP contribution in [0.3, 0.4) is 0 Å². The maximum atomic E-state index is 2.40. The van der Waals surface area contributed by atoms with Crippen molar-refractivity contribution in [3.8, 4) is 0 Å². The predicted molar refractivity (Wildman–Crippen MR) is 47.7 cm³/mol. The second-order valence-corrected chi connectivity index (χ2v) is 4.06. The molecule has 0 aromatic carbocycles. The first-order valence-electron chi connectivity index (χ1n) is 3.31. The molecular formula is C6H13IN2. The van der Waals surface area contributed by atoms with Crippen LogP contribution in [0.25, 0.3) is 0 Å². The number of piperazine rings is 1. The summed E-state index contributed by atoms with van der Waals surface area (Å²) in [5.74, 6) is 0. The van der Waals surface area contributed by atoms with Crippen LogP contribution >= 0.6 is 22.9 Å². The average Bonchev–Trinajstić information content (AvgIpc) is 1.80. The minimum absolute atomic E-state index is 0.732. The lowest BCUT2D eigenvalue weighted by atomic mass is 10.2. The average molecular weight is 240 g/mol. The zero-order valence-electron chi connectivity index (χ0n) is 5.97. The molecule has 0 amide bonds. The van der Waals surface area contributed by atoms with Crippen LogP contribution in [0, 0.1) is 0 Å². The van der Waals surface area contributed by atoms with Crippen molar-refractivity contribution in [3.63, 3.8) is 0 Å². The molecule has 0 bridgehead atoms. The molecule has 1 saturated heterocycles. The molecule has 1 aliphatic heterocycles. The number of nitrogens with zero attached hydrogens (tertiary/aromatic N) is 2. The molecule has 0 aromatic heterocycles. The van der Waals surface area contributed by atoms with Gasteiger partial charge in [0, 0.05) is 48.5 Å². The predicted octanol–water partition coefficient (Wildman–Crippen LogP) is 0.972. The summed E-state index contributed by atoms with van der Waals surface area (Å²) < 4.78 is 2.35. The molecule has 1 rings (SSSR count). The molecule has 54 valence electrons. The summed E-state index contributed by atoms with van der Waals surface area (Å²) in [7, 11) is 2.19. The fourth-order valence-electron chi connectivity index (χ4n) is 1.00. The van der Waals surface area contributed by atoms with Gasteiger partial charge in [-0.05, 0) is 14.0 Å². The van der Waals surface area contributed by atoms with Crippen LogP contribution < -0.4 is 0 Å². The summed E-state index contributed by atoms with van der Waals surface area (Å²) in [6.07, 6.45) is 0. The summed E-state index contributed by atoms with van der Waals surface area (Å²) in [5, 5.41) is 0. The van der Waals surface area contributed by atoms with Crippen molar-refractivity contribution >= 4 is 22.9 Å². The van der Waals surface area contributed by atoms with Crippen molar-refractivity contribution in [3.05, 3.63) is 0 Å². The normalized spacial score (nSPS) is 33.0. The monoisotopic (exact) mass is 240 g/mol. The van der Waals surface area contributed by atoms with Crippen LogP contribution in [0.2, 0.25) is 0 Å². The summed E-state index contributed by atoms with van der Waals surface area (Å²) in [4.78, 5) is 2.40. The highest BCUT2D eigenvalue weighted by molar-refractivity contribution is 14.1. The van der Waals surface area contributed by atoms with E-state index in [1.807, 2.05) is 0 Å². The van der Waals surface area contributed by atoms with Gasteiger partial charge >= 0.3 is 0 Å². The molecule has 0 unspecified atom stereocenters. The highest BCUT2D eigenvalue weighted by atomic mass is 127. The molecule has 1 fully saturated rings. The van der Waals surface area contributed by atoms with Crippen LogP contribution in [-0.2, 0) is 0 Å². The molecule has 2 nitrogen and oxygen atoms in total. The van der Waals surface area contributed by atoms with E-state index in [0.717, 1.165) is 6.04 Å². The highest BCUT2D eigenvalue weighted by Gasteiger charge is 2.17. The first-order chi connectivity index (χ1) is 4.20. The molecule has 3 heteroatoms. The minimum atomic E-state index is 0.732. The summed E-state index contributed by atoms with van der Waals surface area (Å²) in [6, 6.07) is 0.732. The molecular weight excluding hydrogens is 227 g/mol. The third-order valence-corrected chi connectivity index (χ3v) is 2.79. The zero-order chi connectivity index (χ0) is 6.85. The van der Waals surface area contributed by atoms with Crippen LogP contribution in [0.15, 0.2) is 0 Å². The van der Waals surface area contributed by atoms with E-state index in [9.17, 15) is 0 Å². The fraction of sp³-hybridized carbons (Fsp3) is 1.00. The van der Waals surface area contributed by atoms with Gasteiger partial charge in [-0.3, -0.25) is 0 Å². The van der Waals surface area contributed by atoms with Crippen LogP contribution in [0.4, 0.5) is 0 Å². The number of hydrogen-bond acceptors (Lipinski definition) is 2. The van der Waals surface area contributed by atoms with Gasteiger partial charge in [0.2, 0.25) is 0 Å². The van der Waals surface area contributed by atoms with Crippen LogP contribution in [-0.4, -0.2) is 40.7 Å². The van der Waals surface area contributed by atoms with Gasteiger partial charge in [-0.15, -0.1) is 0 Å². The number of hydrogen-bond donors (Lipinski definition) is 0. The third kappa shape index (κ3) is 2.05. The maximum Gasteiger partial charge on any atom is 0.0235 e. The maximum absolute atomic E-state index is 2.40. The van der Waals surface area contributed by atoms with E-state index >= 15 is 0 Å². The Balaban J connectivity index is 2.35. The van der Waals surface area contributed by atoms with Crippen molar-refractivity contribution in [2.45, 2.75) is 13.0 Å². The first-order valence-corrected chi connectivity index (χ1v) is 4.27. The molecule has 0 N–H and O–H groups in total. The lowest BCUT2D eigenvalue weighted by Gasteiger charge is -2.34. The molecule has 9 heavy (non-hydrogen) atoms. The van der Waals surface area contributed by atoms with Gasteiger partial charge in [0.05, 0.1) is 0 Å². The number of halogens is 1. The molecule has 0 aliphatic carbocycles. The van der Waals surface area contributed by atoms with Gasteiger partial charge in [0.25, 0.3) is 0 Å². The number of rotatable bonds is 0. The summed E-state index contributed by atoms with van der Waals surface area (Å²) in [5.41, 5.74) is 0. The summed E-state index contributed by atoms with van der Waals surface area (Å²) >= 11 is 2.39. The Labute approximate surface area is 70.7 Å². The van der Waals surface area contributed by atoms with E-state index in [1.54, 1.807) is 0 Å². The van der Waals surface area contributed by atoms with Crippen molar-refractivity contribution in [2.75, 3.05) is 26.7 Å². The van der Waals surface area contributed by atoms with E-state index < -0.39 is 0 Å². The Hall–Kier alpha value is 0.650. The Kier molecular flexibility index (Phi) is 2.73. The lowest BCUT2D eigenvalue weighted by Crippen LogP contribution is -2.46. The molecule has 0 radical (unpaired) electrons. The van der Waals surface area contributed by atoms with Crippen LogP contribution in [0.5, 0.6) is 0 Å². The molecule has 1 atom stereocenters. The van der Waals surface area contributed by atoms with Gasteiger partial charge in [0.1, 0.15) is 0 Å². The lowest BCUT2D eigenvalue weighted by molar-refractivity contribution is 0.177. The Morgan fingerprint density at radius 2 is 2.11 bits per heavy atom. The van der Waals surface area contributed by atoms with Gasteiger partial charge in [-0.25, -0.2) is 3.11 Å². The Morgan fingerprint density at radius 1 is 1.44 bits per heavy atom. The third-order valence-electron chi connectivity index (χ3n) is 1.91. The minimum Gasteiger partial charge on any atom is -0.301 e. The van der Waals surface area contributed by atoms with Crippen molar-refractivity contribution in [1.82, 2.24) is 8.01 Å². The Morgan fingerprint density at radius 3 is 2.56 bits per heavy atom. The quantitative estimate of drug-likeness (QED) is 0.460. The molecule has 0 spiro atoms. The topological polar surface area (TPSA) is 6.48 Å². The van der Waals surface area contributed by atoms with E-state index in [-0.39, 0.29) is 0 Å². The second kappa shape index (κ2) is 3.16. The van der Waals surface area contributed by atoms with Gasteiger partial charge in [-0.2, -0.15) is 0 Å². The van der Waals surface area contributed by atoms with Crippen molar-refractivity contribution < 1.29 is 0 Å². The standard InChI is InChI=1S/C6H13IN2/c1-6-5-9(7)4-3-8(6)2/h6H,3-5H2,1-2H3/t6-/m1/s1. The van der Waals surface area contributed by atoms with Gasteiger partial charge < -0.3 is 4.90 Å². The molecule has 0 saturated carbocycles. The summed E-state index contributed by atoms with van der Waals surface area (Å²) in [6.45, 7) is 5.90. The fourth-order valence-corrected chi connectivity index (χ4v) is 1.79. The van der Waals surface area contributed by atoms with Gasteiger partial charge in [-0.1, -0.05) is 0 Å². The van der Waals surface area contributed by atoms with E-state index in [4.69, 9.17) is 0 Å². The zero-order valence-corrected chi connectivity index (χ0v) is 8.13. The van der Waals surface area contributed by atoms with Crippen molar-refractivity contribution in [1.29, 1.82) is 0 Å². The first kappa shape index (κ1) is 7.75. The highest BCUT2D eigenvalue weighted by Crippen LogP contribution is 2.09. The van der Waals surface area contributed by atoms with Gasteiger partial charge in [0.15, 0.2) is 0 Å². The molecule has 1 heterocycles. The largest absolute Gasteiger partial charge is 0.301 e. The number of likely N-dealkylation sites (N-methyl/N-ethyl adjacent to an activating group) is 1. The Bertz CT molecular complexity index is 97.1. The molecule has 1 aliphatic rings. The molecule has 0 aromatic rings. The second-order valence-electron chi connectivity index (χ2n) is 2.70. The van der Waals surface area contributed by atoms with E-state index in [2.05, 4.69) is 44.8 Å². The van der Waals surface area contributed by atoms with Crippen molar-refractivity contribution in [2.24, 2.45) is 0 Å². The van der Waals surface area contributed by atoms with E-state index in [0.29, 0.717) is 0 Å². The SMILES string of the molecule is C[C@@H]1CN(I)CCN1C.